The van der Waals surface area contributed by atoms with Gasteiger partial charge in [-0.25, -0.2) is 9.37 Å². The summed E-state index contributed by atoms with van der Waals surface area (Å²) in [6.45, 7) is 1.95. The standard InChI is InChI=1S/C27H18ClFN2O4S/c1-13-9-16-10-15(5-8-20(16)35-13)24(32)22-23(14-3-2-4-17(28)11-14)31(26(34)25(22)33)27-30-19-7-6-18(29)12-21(19)36-27/h2-8,10-13,23,32H,9H2,1H3/b24-22-. The fraction of sp³-hybridized carbons (Fsp3) is 0.148. The summed E-state index contributed by atoms with van der Waals surface area (Å²) < 4.78 is 20.1. The van der Waals surface area contributed by atoms with Crippen molar-refractivity contribution in [3.63, 3.8) is 0 Å². The number of aromatic nitrogens is 1. The molecule has 6 nitrogen and oxygen atoms in total. The number of Topliss-reactive ketones (excluding diaryl/α,β-unsaturated/α-hetero) is 1. The zero-order chi connectivity index (χ0) is 25.1. The van der Waals surface area contributed by atoms with Crippen molar-refractivity contribution in [3.05, 3.63) is 93.8 Å². The minimum Gasteiger partial charge on any atom is -0.507 e. The molecule has 4 aromatic rings. The Kier molecular flexibility index (Phi) is 5.31. The molecule has 36 heavy (non-hydrogen) atoms. The van der Waals surface area contributed by atoms with Gasteiger partial charge in [0.05, 0.1) is 21.8 Å². The number of ether oxygens (including phenoxy) is 1. The van der Waals surface area contributed by atoms with E-state index in [4.69, 9.17) is 16.3 Å². The third kappa shape index (κ3) is 3.65. The molecule has 0 saturated carbocycles. The van der Waals surface area contributed by atoms with Gasteiger partial charge in [0.1, 0.15) is 23.4 Å². The lowest BCUT2D eigenvalue weighted by Crippen LogP contribution is -2.29. The second-order valence-electron chi connectivity index (χ2n) is 8.79. The van der Waals surface area contributed by atoms with Crippen molar-refractivity contribution in [1.82, 2.24) is 4.98 Å². The lowest BCUT2D eigenvalue weighted by Gasteiger charge is -2.23. The quantitative estimate of drug-likeness (QED) is 0.202. The minimum atomic E-state index is -0.975. The number of fused-ring (bicyclic) bond motifs is 2. The lowest BCUT2D eigenvalue weighted by molar-refractivity contribution is -0.132. The van der Waals surface area contributed by atoms with E-state index < -0.39 is 23.5 Å². The van der Waals surface area contributed by atoms with Crippen molar-refractivity contribution in [2.45, 2.75) is 25.5 Å². The van der Waals surface area contributed by atoms with Crippen molar-refractivity contribution in [2.75, 3.05) is 4.90 Å². The molecular formula is C27H18ClFN2O4S. The molecule has 0 aliphatic carbocycles. The molecule has 9 heteroatoms. The summed E-state index contributed by atoms with van der Waals surface area (Å²) in [5.74, 6) is -1.67. The zero-order valence-electron chi connectivity index (χ0n) is 18.9. The van der Waals surface area contributed by atoms with Crippen LogP contribution in [-0.2, 0) is 16.0 Å². The van der Waals surface area contributed by atoms with Crippen LogP contribution in [0, 0.1) is 5.82 Å². The van der Waals surface area contributed by atoms with Gasteiger partial charge in [0.15, 0.2) is 5.13 Å². The van der Waals surface area contributed by atoms with Crippen molar-refractivity contribution in [1.29, 1.82) is 0 Å². The van der Waals surface area contributed by atoms with Gasteiger partial charge in [-0.1, -0.05) is 35.1 Å². The van der Waals surface area contributed by atoms with Gasteiger partial charge < -0.3 is 9.84 Å². The molecule has 180 valence electrons. The topological polar surface area (TPSA) is 79.7 Å². The Morgan fingerprint density at radius 3 is 2.81 bits per heavy atom. The van der Waals surface area contributed by atoms with Crippen LogP contribution in [0.3, 0.4) is 0 Å². The predicted molar refractivity (Wildman–Crippen MR) is 136 cm³/mol. The van der Waals surface area contributed by atoms with E-state index in [1.54, 1.807) is 42.5 Å². The summed E-state index contributed by atoms with van der Waals surface area (Å²) in [4.78, 5) is 32.5. The number of nitrogens with zero attached hydrogens (tertiary/aromatic N) is 2. The molecule has 2 aliphatic rings. The van der Waals surface area contributed by atoms with Gasteiger partial charge in [0.25, 0.3) is 5.78 Å². The number of carbonyl (C=O) groups is 2. The molecule has 0 radical (unpaired) electrons. The lowest BCUT2D eigenvalue weighted by atomic mass is 9.94. The first-order valence-corrected chi connectivity index (χ1v) is 12.4. The number of benzene rings is 3. The Bertz CT molecular complexity index is 1610. The highest BCUT2D eigenvalue weighted by Crippen LogP contribution is 2.45. The van der Waals surface area contributed by atoms with Gasteiger partial charge >= 0.3 is 5.91 Å². The second kappa shape index (κ2) is 8.43. The highest BCUT2D eigenvalue weighted by Gasteiger charge is 2.48. The number of hydrogen-bond acceptors (Lipinski definition) is 6. The van der Waals surface area contributed by atoms with Crippen LogP contribution in [0.25, 0.3) is 16.0 Å². The largest absolute Gasteiger partial charge is 0.507 e. The fourth-order valence-electron chi connectivity index (χ4n) is 4.74. The average molecular weight is 521 g/mol. The van der Waals surface area contributed by atoms with Crippen molar-refractivity contribution in [3.8, 4) is 5.75 Å². The molecule has 1 saturated heterocycles. The number of carbonyl (C=O) groups excluding carboxylic acids is 2. The minimum absolute atomic E-state index is 0.0123. The first-order valence-electron chi connectivity index (χ1n) is 11.2. The normalized spacial score (nSPS) is 20.7. The molecule has 2 atom stereocenters. The van der Waals surface area contributed by atoms with Gasteiger partial charge in [-0.3, -0.25) is 14.5 Å². The maximum atomic E-state index is 13.8. The third-order valence-electron chi connectivity index (χ3n) is 6.32. The number of thiazole rings is 1. The predicted octanol–water partition coefficient (Wildman–Crippen LogP) is 6.04. The molecule has 1 N–H and O–H groups in total. The molecular weight excluding hydrogens is 503 g/mol. The number of ketones is 1. The SMILES string of the molecule is CC1Cc2cc(/C(O)=C3/C(=O)C(=O)N(c4nc5ccc(F)cc5s4)C3c3cccc(Cl)c3)ccc2O1. The first-order chi connectivity index (χ1) is 17.3. The average Bonchev–Trinajstić information content (AvgIpc) is 3.50. The molecule has 3 aromatic carbocycles. The molecule has 2 aliphatic heterocycles. The van der Waals surface area contributed by atoms with Gasteiger partial charge in [-0.05, 0) is 66.6 Å². The van der Waals surface area contributed by atoms with Crippen LogP contribution in [0.5, 0.6) is 5.75 Å². The van der Waals surface area contributed by atoms with E-state index >= 15 is 0 Å². The smallest absolute Gasteiger partial charge is 0.301 e. The Morgan fingerprint density at radius 1 is 1.17 bits per heavy atom. The molecule has 1 fully saturated rings. The van der Waals surface area contributed by atoms with E-state index in [-0.39, 0.29) is 22.6 Å². The third-order valence-corrected chi connectivity index (χ3v) is 7.58. The van der Waals surface area contributed by atoms with Crippen LogP contribution in [0.2, 0.25) is 5.02 Å². The van der Waals surface area contributed by atoms with E-state index in [1.165, 1.54) is 23.1 Å². The van der Waals surface area contributed by atoms with Crippen molar-refractivity contribution < 1.29 is 23.8 Å². The van der Waals surface area contributed by atoms with E-state index in [2.05, 4.69) is 4.98 Å². The first kappa shape index (κ1) is 22.7. The summed E-state index contributed by atoms with van der Waals surface area (Å²) in [6, 6.07) is 15.1. The van der Waals surface area contributed by atoms with Crippen LogP contribution in [-0.4, -0.2) is 27.9 Å². The molecule has 6 rings (SSSR count). The summed E-state index contributed by atoms with van der Waals surface area (Å²) >= 11 is 7.35. The second-order valence-corrected chi connectivity index (χ2v) is 10.2. The zero-order valence-corrected chi connectivity index (χ0v) is 20.4. The number of aliphatic hydroxyl groups excluding tert-OH is 1. The highest BCUT2D eigenvalue weighted by molar-refractivity contribution is 7.22. The van der Waals surface area contributed by atoms with Gasteiger partial charge in [-0.15, -0.1) is 0 Å². The van der Waals surface area contributed by atoms with E-state index in [9.17, 15) is 19.1 Å². The van der Waals surface area contributed by atoms with E-state index in [1.807, 2.05) is 6.92 Å². The van der Waals surface area contributed by atoms with E-state index in [0.717, 1.165) is 22.6 Å². The van der Waals surface area contributed by atoms with Crippen molar-refractivity contribution >= 4 is 55.7 Å². The number of aliphatic hydroxyl groups is 1. The summed E-state index contributed by atoms with van der Waals surface area (Å²) in [6.07, 6.45) is 0.684. The number of halogens is 2. The maximum Gasteiger partial charge on any atom is 0.301 e. The Hall–Kier alpha value is -3.75. The number of anilines is 1. The molecule has 1 amide bonds. The van der Waals surface area contributed by atoms with Crippen LogP contribution in [0.15, 0.2) is 66.2 Å². The monoisotopic (exact) mass is 520 g/mol. The maximum absolute atomic E-state index is 13.8. The van der Waals surface area contributed by atoms with Crippen LogP contribution in [0.4, 0.5) is 9.52 Å². The van der Waals surface area contributed by atoms with Gasteiger partial charge in [0, 0.05) is 17.0 Å². The molecule has 0 bridgehead atoms. The summed E-state index contributed by atoms with van der Waals surface area (Å²) in [5.41, 5.74) is 2.28. The molecule has 1 aromatic heterocycles. The molecule has 0 spiro atoms. The Labute approximate surface area is 214 Å². The highest BCUT2D eigenvalue weighted by atomic mass is 35.5. The van der Waals surface area contributed by atoms with Gasteiger partial charge in [-0.2, -0.15) is 0 Å². The van der Waals surface area contributed by atoms with Crippen LogP contribution >= 0.6 is 22.9 Å². The number of hydrogen-bond donors (Lipinski definition) is 1. The van der Waals surface area contributed by atoms with Crippen molar-refractivity contribution in [2.24, 2.45) is 0 Å². The van der Waals surface area contributed by atoms with Crippen LogP contribution in [0.1, 0.15) is 29.7 Å². The van der Waals surface area contributed by atoms with Crippen LogP contribution < -0.4 is 9.64 Å². The molecule has 3 heterocycles. The fourth-order valence-corrected chi connectivity index (χ4v) is 5.95. The Balaban J connectivity index is 1.54. The summed E-state index contributed by atoms with van der Waals surface area (Å²) in [5, 5.41) is 12.0. The molecule has 2 unspecified atom stereocenters. The van der Waals surface area contributed by atoms with E-state index in [0.29, 0.717) is 32.8 Å². The number of rotatable bonds is 3. The number of amides is 1. The Morgan fingerprint density at radius 2 is 2.00 bits per heavy atom. The van der Waals surface area contributed by atoms with Gasteiger partial charge in [0.2, 0.25) is 0 Å². The summed E-state index contributed by atoms with van der Waals surface area (Å²) in [7, 11) is 0.